The Labute approximate surface area is 260 Å². The zero-order valence-electron chi connectivity index (χ0n) is 27.0. The van der Waals surface area contributed by atoms with Crippen LogP contribution < -0.4 is 10.6 Å². The zero-order chi connectivity index (χ0) is 32.1. The van der Waals surface area contributed by atoms with Gasteiger partial charge in [0.05, 0.1) is 31.2 Å². The minimum absolute atomic E-state index is 0.0336. The Bertz CT molecular complexity index is 1090. The van der Waals surface area contributed by atoms with Crippen LogP contribution in [0.2, 0.25) is 0 Å². The van der Waals surface area contributed by atoms with E-state index >= 15 is 0 Å². The summed E-state index contributed by atoms with van der Waals surface area (Å²) >= 11 is 0. The maximum absolute atomic E-state index is 13.4. The molecule has 4 rings (SSSR count). The van der Waals surface area contributed by atoms with Crippen molar-refractivity contribution in [2.45, 2.75) is 102 Å². The SMILES string of the molecule is CCC(=O)NCCN(C)CC(=O)NC(=O)OC[C@@H]1CCCN1C(=O)OC1CC[C@]2(CO2)C(C2(C)O[C@@H]2CC=C(C)C)C1OC. The normalized spacial score (nSPS) is 32.2. The Morgan fingerprint density at radius 1 is 1.16 bits per heavy atom. The molecular formula is C31H50N4O9. The van der Waals surface area contributed by atoms with E-state index in [9.17, 15) is 19.2 Å². The quantitative estimate of drug-likeness (QED) is 0.231. The summed E-state index contributed by atoms with van der Waals surface area (Å²) in [6, 6.07) is -0.357. The van der Waals surface area contributed by atoms with Crippen molar-refractivity contribution in [1.82, 2.24) is 20.4 Å². The highest BCUT2D eigenvalue weighted by molar-refractivity contribution is 5.92. The monoisotopic (exact) mass is 622 g/mol. The average molecular weight is 623 g/mol. The van der Waals surface area contributed by atoms with Gasteiger partial charge in [-0.15, -0.1) is 0 Å². The number of imide groups is 1. The topological polar surface area (TPSA) is 152 Å². The average Bonchev–Trinajstić information content (AvgIpc) is 3.83. The van der Waals surface area contributed by atoms with Gasteiger partial charge in [-0.25, -0.2) is 9.59 Å². The number of hydrogen-bond donors (Lipinski definition) is 2. The number of nitrogens with zero attached hydrogens (tertiary/aromatic N) is 2. The Kier molecular flexibility index (Phi) is 11.3. The summed E-state index contributed by atoms with van der Waals surface area (Å²) in [5.41, 5.74) is 0.501. The highest BCUT2D eigenvalue weighted by Crippen LogP contribution is 2.59. The molecule has 0 aromatic rings. The van der Waals surface area contributed by atoms with E-state index in [1.807, 2.05) is 0 Å². The Balaban J connectivity index is 1.25. The molecule has 0 aromatic heterocycles. The fraction of sp³-hybridized carbons (Fsp3) is 0.806. The molecule has 13 nitrogen and oxygen atoms in total. The maximum Gasteiger partial charge on any atom is 0.413 e. The number of likely N-dealkylation sites (N-methyl/N-ethyl adjacent to an activating group) is 1. The van der Waals surface area contributed by atoms with Gasteiger partial charge in [0.1, 0.15) is 30.0 Å². The lowest BCUT2D eigenvalue weighted by Crippen LogP contribution is -2.56. The smallest absolute Gasteiger partial charge is 0.413 e. The zero-order valence-corrected chi connectivity index (χ0v) is 27.0. The first-order chi connectivity index (χ1) is 20.9. The molecule has 0 radical (unpaired) electrons. The van der Waals surface area contributed by atoms with Crippen molar-refractivity contribution >= 4 is 24.0 Å². The van der Waals surface area contributed by atoms with Crippen LogP contribution >= 0.6 is 0 Å². The first-order valence-corrected chi connectivity index (χ1v) is 15.8. The molecular weight excluding hydrogens is 572 g/mol. The van der Waals surface area contributed by atoms with Gasteiger partial charge < -0.3 is 33.9 Å². The molecule has 0 aromatic carbocycles. The lowest BCUT2D eigenvalue weighted by atomic mass is 9.68. The number of rotatable bonds is 13. The lowest BCUT2D eigenvalue weighted by molar-refractivity contribution is -0.122. The number of methoxy groups -OCH3 is 1. The Morgan fingerprint density at radius 2 is 1.91 bits per heavy atom. The Morgan fingerprint density at radius 3 is 2.57 bits per heavy atom. The third-order valence-electron chi connectivity index (χ3n) is 9.30. The summed E-state index contributed by atoms with van der Waals surface area (Å²) in [5.74, 6) is -0.659. The predicted octanol–water partition coefficient (Wildman–Crippen LogP) is 2.37. The number of carbonyl (C=O) groups is 4. The molecule has 13 heteroatoms. The minimum Gasteiger partial charge on any atom is -0.447 e. The highest BCUT2D eigenvalue weighted by Gasteiger charge is 2.72. The fourth-order valence-corrected chi connectivity index (χ4v) is 6.71. The molecule has 1 spiro atoms. The molecule has 44 heavy (non-hydrogen) atoms. The van der Waals surface area contributed by atoms with E-state index in [-0.39, 0.29) is 48.8 Å². The van der Waals surface area contributed by atoms with Crippen LogP contribution in [0.25, 0.3) is 0 Å². The molecule has 0 bridgehead atoms. The molecule has 2 N–H and O–H groups in total. The molecule has 248 valence electrons. The number of epoxide rings is 2. The fourth-order valence-electron chi connectivity index (χ4n) is 6.71. The number of amides is 4. The van der Waals surface area contributed by atoms with E-state index in [0.29, 0.717) is 45.5 Å². The van der Waals surface area contributed by atoms with Gasteiger partial charge in [0.25, 0.3) is 0 Å². The number of alkyl carbamates (subject to hydrolysis) is 1. The number of hydrogen-bond acceptors (Lipinski definition) is 10. The van der Waals surface area contributed by atoms with Gasteiger partial charge >= 0.3 is 12.2 Å². The molecule has 3 aliphatic heterocycles. The number of ether oxygens (including phenoxy) is 5. The summed E-state index contributed by atoms with van der Waals surface area (Å²) in [6.45, 7) is 9.92. The van der Waals surface area contributed by atoms with E-state index in [1.54, 1.807) is 30.9 Å². The summed E-state index contributed by atoms with van der Waals surface area (Å²) < 4.78 is 29.7. The van der Waals surface area contributed by atoms with Crippen LogP contribution in [0, 0.1) is 5.92 Å². The second kappa shape index (κ2) is 14.6. The Hall–Kier alpha value is -2.74. The van der Waals surface area contributed by atoms with Crippen molar-refractivity contribution in [3.05, 3.63) is 11.6 Å². The molecule has 4 unspecified atom stereocenters. The molecule has 1 aliphatic carbocycles. The third kappa shape index (κ3) is 8.29. The van der Waals surface area contributed by atoms with Gasteiger partial charge in [-0.05, 0) is 59.9 Å². The van der Waals surface area contributed by atoms with E-state index in [4.69, 9.17) is 23.7 Å². The van der Waals surface area contributed by atoms with Crippen LogP contribution in [0.3, 0.4) is 0 Å². The van der Waals surface area contributed by atoms with Crippen molar-refractivity contribution < 1.29 is 42.9 Å². The molecule has 1 saturated carbocycles. The molecule has 3 saturated heterocycles. The minimum atomic E-state index is -0.868. The van der Waals surface area contributed by atoms with Crippen LogP contribution in [0.4, 0.5) is 9.59 Å². The van der Waals surface area contributed by atoms with Crippen LogP contribution in [0.1, 0.15) is 66.2 Å². The van der Waals surface area contributed by atoms with Crippen molar-refractivity contribution in [1.29, 1.82) is 0 Å². The number of likely N-dealkylation sites (tertiary alicyclic amines) is 1. The van der Waals surface area contributed by atoms with Gasteiger partial charge in [0.15, 0.2) is 0 Å². The molecule has 4 fully saturated rings. The van der Waals surface area contributed by atoms with Gasteiger partial charge in [-0.2, -0.15) is 0 Å². The second-order valence-corrected chi connectivity index (χ2v) is 12.9. The maximum atomic E-state index is 13.4. The largest absolute Gasteiger partial charge is 0.447 e. The molecule has 3 heterocycles. The summed E-state index contributed by atoms with van der Waals surface area (Å²) in [4.78, 5) is 52.6. The van der Waals surface area contributed by atoms with Crippen LogP contribution in [0.15, 0.2) is 11.6 Å². The summed E-state index contributed by atoms with van der Waals surface area (Å²) in [6.07, 6.45) is 4.04. The van der Waals surface area contributed by atoms with E-state index in [1.165, 1.54) is 5.57 Å². The van der Waals surface area contributed by atoms with E-state index in [2.05, 4.69) is 37.5 Å². The molecule has 4 amide bonds. The van der Waals surface area contributed by atoms with Gasteiger partial charge in [0.2, 0.25) is 11.8 Å². The van der Waals surface area contributed by atoms with Crippen molar-refractivity contribution in [3.8, 4) is 0 Å². The molecule has 7 atom stereocenters. The molecule has 4 aliphatic rings. The van der Waals surface area contributed by atoms with Crippen molar-refractivity contribution in [2.75, 3.05) is 53.6 Å². The lowest BCUT2D eigenvalue weighted by Gasteiger charge is -2.43. The third-order valence-corrected chi connectivity index (χ3v) is 9.30. The second-order valence-electron chi connectivity index (χ2n) is 12.9. The van der Waals surface area contributed by atoms with Gasteiger partial charge in [-0.3, -0.25) is 19.8 Å². The van der Waals surface area contributed by atoms with E-state index in [0.717, 1.165) is 19.3 Å². The highest BCUT2D eigenvalue weighted by atomic mass is 16.6. The van der Waals surface area contributed by atoms with E-state index < -0.39 is 29.8 Å². The standard InChI is InChI=1S/C31H50N4O9/c1-7-24(36)32-14-16-34(5)17-25(37)33-28(38)41-18-21-9-8-15-35(21)29(39)43-22-12-13-31(19-42-31)27(26(22)40-6)30(4)23(44-30)11-10-20(2)3/h10,21-23,26-27H,7-9,11-19H2,1-6H3,(H,32,36)(H,33,37,38)/t21-,22?,23+,26?,27?,30?,31-/m0/s1. The van der Waals surface area contributed by atoms with Crippen LogP contribution in [0.5, 0.6) is 0 Å². The van der Waals surface area contributed by atoms with Gasteiger partial charge in [-0.1, -0.05) is 18.6 Å². The number of carbonyl (C=O) groups excluding carboxylic acids is 4. The van der Waals surface area contributed by atoms with Crippen LogP contribution in [-0.4, -0.2) is 123 Å². The van der Waals surface area contributed by atoms with Crippen LogP contribution in [-0.2, 0) is 33.3 Å². The predicted molar refractivity (Wildman–Crippen MR) is 160 cm³/mol. The summed E-state index contributed by atoms with van der Waals surface area (Å²) in [7, 11) is 3.36. The first-order valence-electron chi connectivity index (χ1n) is 15.8. The number of allylic oxidation sites excluding steroid dienone is 1. The van der Waals surface area contributed by atoms with Crippen molar-refractivity contribution in [2.24, 2.45) is 5.92 Å². The van der Waals surface area contributed by atoms with Crippen molar-refractivity contribution in [3.63, 3.8) is 0 Å². The summed E-state index contributed by atoms with van der Waals surface area (Å²) in [5, 5.41) is 4.95. The van der Waals surface area contributed by atoms with Gasteiger partial charge in [0, 0.05) is 33.2 Å². The number of nitrogens with one attached hydrogen (secondary N) is 2. The first kappa shape index (κ1) is 34.1.